The van der Waals surface area contributed by atoms with Crippen LogP contribution in [-0.2, 0) is 12.7 Å². The Morgan fingerprint density at radius 1 is 1.12 bits per heavy atom. The molecule has 0 bridgehead atoms. The largest absolute Gasteiger partial charge is 0.421 e. The maximum absolute atomic E-state index is 13.4. The second kappa shape index (κ2) is 8.34. The van der Waals surface area contributed by atoms with Crippen molar-refractivity contribution in [2.24, 2.45) is 0 Å². The Bertz CT molecular complexity index is 1290. The molecule has 3 aromatic rings. The molecule has 0 atom stereocenters. The molecule has 172 valence electrons. The molecule has 10 heteroatoms. The summed E-state index contributed by atoms with van der Waals surface area (Å²) < 4.78 is 42.1. The third kappa shape index (κ3) is 4.59. The predicted molar refractivity (Wildman–Crippen MR) is 114 cm³/mol. The van der Waals surface area contributed by atoms with E-state index in [-0.39, 0.29) is 23.1 Å². The second-order valence-electron chi connectivity index (χ2n) is 8.07. The molecule has 1 aliphatic carbocycles. The van der Waals surface area contributed by atoms with Crippen LogP contribution < -0.4 is 11.0 Å². The summed E-state index contributed by atoms with van der Waals surface area (Å²) in [7, 11) is 0. The van der Waals surface area contributed by atoms with Crippen molar-refractivity contribution < 1.29 is 22.8 Å². The van der Waals surface area contributed by atoms with Crippen molar-refractivity contribution in [2.45, 2.75) is 45.3 Å². The highest BCUT2D eigenvalue weighted by Crippen LogP contribution is 2.40. The molecule has 0 spiro atoms. The molecule has 33 heavy (non-hydrogen) atoms. The Morgan fingerprint density at radius 2 is 1.79 bits per heavy atom. The number of amides is 1. The standard InChI is InChI=1S/C23H21F3N4O3/c1-13-10-17(14(2)30(13)28-21(32)16-6-4-3-5-7-16)20(31)12-29-22(33)18(23(24,25)26)11-19(27-29)15-8-9-15/h3-7,10-11,15H,8-9,12H2,1-2H3,(H,28,32). The highest BCUT2D eigenvalue weighted by atomic mass is 19.4. The van der Waals surface area contributed by atoms with Crippen LogP contribution in [-0.4, -0.2) is 26.1 Å². The summed E-state index contributed by atoms with van der Waals surface area (Å²) in [5, 5.41) is 4.03. The molecule has 1 saturated carbocycles. The molecule has 0 saturated heterocycles. The molecule has 0 radical (unpaired) electrons. The van der Waals surface area contributed by atoms with E-state index in [1.807, 2.05) is 0 Å². The van der Waals surface area contributed by atoms with Crippen molar-refractivity contribution in [3.63, 3.8) is 0 Å². The van der Waals surface area contributed by atoms with Crippen LogP contribution in [0.2, 0.25) is 0 Å². The van der Waals surface area contributed by atoms with Crippen molar-refractivity contribution in [3.05, 3.63) is 86.6 Å². The number of Topliss-reactive ketones (excluding diaryl/α,β-unsaturated/α-hetero) is 1. The van der Waals surface area contributed by atoms with Gasteiger partial charge in [0.2, 0.25) is 0 Å². The lowest BCUT2D eigenvalue weighted by molar-refractivity contribution is -0.139. The van der Waals surface area contributed by atoms with Gasteiger partial charge < -0.3 is 0 Å². The van der Waals surface area contributed by atoms with E-state index in [0.717, 1.165) is 6.07 Å². The van der Waals surface area contributed by atoms with Crippen molar-refractivity contribution in [3.8, 4) is 0 Å². The van der Waals surface area contributed by atoms with Crippen LogP contribution in [0.1, 0.15) is 62.1 Å². The molecule has 1 aliphatic rings. The summed E-state index contributed by atoms with van der Waals surface area (Å²) in [5.74, 6) is -1.11. The lowest BCUT2D eigenvalue weighted by Gasteiger charge is -2.13. The minimum Gasteiger partial charge on any atom is -0.292 e. The molecule has 1 amide bonds. The number of rotatable bonds is 6. The second-order valence-corrected chi connectivity index (χ2v) is 8.07. The lowest BCUT2D eigenvalue weighted by Crippen LogP contribution is -2.33. The molecule has 2 aromatic heterocycles. The van der Waals surface area contributed by atoms with E-state index in [1.165, 1.54) is 10.7 Å². The average molecular weight is 458 g/mol. The molecule has 1 fully saturated rings. The Morgan fingerprint density at radius 3 is 2.39 bits per heavy atom. The summed E-state index contributed by atoms with van der Waals surface area (Å²) >= 11 is 0. The number of ketones is 1. The number of aryl methyl sites for hydroxylation is 1. The van der Waals surface area contributed by atoms with Crippen molar-refractivity contribution >= 4 is 11.7 Å². The Kier molecular flexibility index (Phi) is 5.69. The van der Waals surface area contributed by atoms with Crippen molar-refractivity contribution in [1.82, 2.24) is 14.5 Å². The van der Waals surface area contributed by atoms with Crippen LogP contribution in [0.15, 0.2) is 47.3 Å². The van der Waals surface area contributed by atoms with Gasteiger partial charge in [-0.25, -0.2) is 4.68 Å². The van der Waals surface area contributed by atoms with Gasteiger partial charge in [0.1, 0.15) is 12.1 Å². The van der Waals surface area contributed by atoms with Crippen LogP contribution in [0.5, 0.6) is 0 Å². The number of carbonyl (C=O) groups is 2. The van der Waals surface area contributed by atoms with E-state index < -0.39 is 29.6 Å². The van der Waals surface area contributed by atoms with Gasteiger partial charge in [0.25, 0.3) is 11.5 Å². The minimum atomic E-state index is -4.84. The molecule has 1 N–H and O–H groups in total. The van der Waals surface area contributed by atoms with Crippen LogP contribution >= 0.6 is 0 Å². The number of nitrogens with one attached hydrogen (secondary N) is 1. The number of hydrogen-bond acceptors (Lipinski definition) is 4. The van der Waals surface area contributed by atoms with Gasteiger partial charge in [-0.05, 0) is 51.0 Å². The van der Waals surface area contributed by atoms with Gasteiger partial charge in [-0.1, -0.05) is 18.2 Å². The third-order valence-corrected chi connectivity index (χ3v) is 5.57. The fourth-order valence-corrected chi connectivity index (χ4v) is 3.65. The number of alkyl halides is 3. The molecule has 0 aliphatic heterocycles. The smallest absolute Gasteiger partial charge is 0.292 e. The summed E-state index contributed by atoms with van der Waals surface area (Å²) in [6.07, 6.45) is -3.45. The fourth-order valence-electron chi connectivity index (χ4n) is 3.65. The van der Waals surface area contributed by atoms with Gasteiger partial charge in [0.05, 0.1) is 5.69 Å². The van der Waals surface area contributed by atoms with E-state index in [0.29, 0.717) is 34.5 Å². The molecular weight excluding hydrogens is 437 g/mol. The first kappa shape index (κ1) is 22.5. The normalized spacial score (nSPS) is 13.7. The topological polar surface area (TPSA) is 86.0 Å². The minimum absolute atomic E-state index is 0.133. The van der Waals surface area contributed by atoms with E-state index in [9.17, 15) is 27.6 Å². The highest BCUT2D eigenvalue weighted by molar-refractivity contribution is 6.01. The van der Waals surface area contributed by atoms with E-state index in [1.54, 1.807) is 44.2 Å². The summed E-state index contributed by atoms with van der Waals surface area (Å²) in [6, 6.07) is 10.8. The number of hydrogen-bond donors (Lipinski definition) is 1. The predicted octanol–water partition coefficient (Wildman–Crippen LogP) is 3.82. The Labute approximate surface area is 186 Å². The zero-order chi connectivity index (χ0) is 23.9. The van der Waals surface area contributed by atoms with E-state index in [2.05, 4.69) is 10.5 Å². The molecule has 2 heterocycles. The van der Waals surface area contributed by atoms with Gasteiger partial charge in [0, 0.05) is 28.4 Å². The number of nitrogens with zero attached hydrogens (tertiary/aromatic N) is 3. The average Bonchev–Trinajstić information content (AvgIpc) is 3.57. The lowest BCUT2D eigenvalue weighted by atomic mass is 10.1. The van der Waals surface area contributed by atoms with Gasteiger partial charge in [-0.15, -0.1) is 0 Å². The third-order valence-electron chi connectivity index (χ3n) is 5.57. The Balaban J connectivity index is 1.62. The van der Waals surface area contributed by atoms with E-state index in [4.69, 9.17) is 0 Å². The SMILES string of the molecule is Cc1cc(C(=O)Cn2nc(C3CC3)cc(C(F)(F)F)c2=O)c(C)n1NC(=O)c1ccccc1. The van der Waals surface area contributed by atoms with Gasteiger partial charge in [-0.2, -0.15) is 18.3 Å². The molecule has 1 aromatic carbocycles. The van der Waals surface area contributed by atoms with Crippen LogP contribution in [0.25, 0.3) is 0 Å². The van der Waals surface area contributed by atoms with Gasteiger partial charge >= 0.3 is 6.18 Å². The number of halogens is 3. The number of aromatic nitrogens is 3. The van der Waals surface area contributed by atoms with Gasteiger partial charge in [0.15, 0.2) is 5.78 Å². The fraction of sp³-hybridized carbons (Fsp3) is 0.304. The molecule has 7 nitrogen and oxygen atoms in total. The Hall–Kier alpha value is -3.69. The molecule has 4 rings (SSSR count). The van der Waals surface area contributed by atoms with Crippen LogP contribution in [0.3, 0.4) is 0 Å². The quantitative estimate of drug-likeness (QED) is 0.569. The zero-order valence-corrected chi connectivity index (χ0v) is 17.9. The maximum atomic E-state index is 13.4. The zero-order valence-electron chi connectivity index (χ0n) is 17.9. The van der Waals surface area contributed by atoms with E-state index >= 15 is 0 Å². The molecule has 0 unspecified atom stereocenters. The van der Waals surface area contributed by atoms with Crippen LogP contribution in [0.4, 0.5) is 13.2 Å². The van der Waals surface area contributed by atoms with Crippen LogP contribution in [0, 0.1) is 13.8 Å². The first-order valence-electron chi connectivity index (χ1n) is 10.3. The number of benzene rings is 1. The summed E-state index contributed by atoms with van der Waals surface area (Å²) in [6.45, 7) is 2.64. The summed E-state index contributed by atoms with van der Waals surface area (Å²) in [4.78, 5) is 37.9. The van der Waals surface area contributed by atoms with Crippen molar-refractivity contribution in [1.29, 1.82) is 0 Å². The molecular formula is C23H21F3N4O3. The summed E-state index contributed by atoms with van der Waals surface area (Å²) in [5.41, 5.74) is 1.72. The highest BCUT2D eigenvalue weighted by Gasteiger charge is 2.38. The monoisotopic (exact) mass is 458 g/mol. The first-order valence-corrected chi connectivity index (χ1v) is 10.3. The van der Waals surface area contributed by atoms with Gasteiger partial charge in [-0.3, -0.25) is 24.5 Å². The number of carbonyl (C=O) groups excluding carboxylic acids is 2. The maximum Gasteiger partial charge on any atom is 0.421 e. The first-order chi connectivity index (χ1) is 15.6. The van der Waals surface area contributed by atoms with Crippen molar-refractivity contribution in [2.75, 3.05) is 5.43 Å².